The van der Waals surface area contributed by atoms with E-state index in [9.17, 15) is 9.59 Å². The molecule has 2 saturated heterocycles. The maximum Gasteiger partial charge on any atom is 0.333 e. The fourth-order valence-electron chi connectivity index (χ4n) is 7.00. The van der Waals surface area contributed by atoms with Gasteiger partial charge in [0.05, 0.1) is 24.0 Å². The van der Waals surface area contributed by atoms with Gasteiger partial charge in [-0.1, -0.05) is 19.9 Å². The Bertz CT molecular complexity index is 934. The quantitative estimate of drug-likeness (QED) is 0.393. The van der Waals surface area contributed by atoms with E-state index in [0.29, 0.717) is 18.4 Å². The number of hydrogen-bond acceptors (Lipinski definition) is 6. The molecule has 0 amide bonds. The lowest BCUT2D eigenvalue weighted by molar-refractivity contribution is -0.201. The monoisotopic (exact) mass is 428 g/mol. The fraction of sp³-hybridized carbons (Fsp3) is 0.680. The Kier molecular flexibility index (Phi) is 4.50. The number of allylic oxidation sites excluding steroid dienone is 1. The lowest BCUT2D eigenvalue weighted by Gasteiger charge is -2.59. The first-order chi connectivity index (χ1) is 14.7. The Morgan fingerprint density at radius 2 is 2.06 bits per heavy atom. The summed E-state index contributed by atoms with van der Waals surface area (Å²) in [5.74, 6) is -0.370. The molecule has 6 nitrogen and oxygen atoms in total. The number of esters is 2. The first kappa shape index (κ1) is 20.8. The molecule has 5 rings (SSSR count). The number of rotatable bonds is 3. The van der Waals surface area contributed by atoms with E-state index in [1.165, 1.54) is 0 Å². The molecule has 168 valence electrons. The summed E-state index contributed by atoms with van der Waals surface area (Å²) in [7, 11) is 0. The molecule has 0 N–H and O–H groups in total. The number of carbonyl (C=O) groups excluding carboxylic acids is 2. The Balaban J connectivity index is 1.55. The summed E-state index contributed by atoms with van der Waals surface area (Å²) >= 11 is 0. The Labute approximate surface area is 183 Å². The summed E-state index contributed by atoms with van der Waals surface area (Å²) in [4.78, 5) is 26.3. The zero-order valence-electron chi connectivity index (χ0n) is 19.0. The third-order valence-corrected chi connectivity index (χ3v) is 9.26. The molecule has 0 bridgehead atoms. The second-order valence-corrected chi connectivity index (χ2v) is 10.3. The Morgan fingerprint density at radius 3 is 2.74 bits per heavy atom. The van der Waals surface area contributed by atoms with E-state index in [2.05, 4.69) is 20.8 Å². The molecule has 4 aliphatic rings. The van der Waals surface area contributed by atoms with Gasteiger partial charge in [-0.15, -0.1) is 0 Å². The van der Waals surface area contributed by atoms with Crippen LogP contribution in [0.15, 0.2) is 34.7 Å². The largest absolute Gasteiger partial charge is 0.472 e. The second kappa shape index (κ2) is 6.71. The summed E-state index contributed by atoms with van der Waals surface area (Å²) in [5, 5.41) is 0. The number of furan rings is 1. The van der Waals surface area contributed by atoms with Crippen LogP contribution in [0.3, 0.4) is 0 Å². The van der Waals surface area contributed by atoms with Crippen molar-refractivity contribution in [2.24, 2.45) is 22.7 Å². The summed E-state index contributed by atoms with van der Waals surface area (Å²) in [6, 6.07) is 1.87. The summed E-state index contributed by atoms with van der Waals surface area (Å²) < 4.78 is 23.6. The van der Waals surface area contributed by atoms with E-state index in [1.807, 2.05) is 13.0 Å². The van der Waals surface area contributed by atoms with Crippen LogP contribution in [-0.4, -0.2) is 29.7 Å². The minimum atomic E-state index is -0.616. The molecule has 0 aromatic carbocycles. The van der Waals surface area contributed by atoms with Crippen molar-refractivity contribution < 1.29 is 28.2 Å². The van der Waals surface area contributed by atoms with Gasteiger partial charge in [0.15, 0.2) is 0 Å². The average molecular weight is 429 g/mol. The molecule has 3 heterocycles. The summed E-state index contributed by atoms with van der Waals surface area (Å²) in [5.41, 5.74) is 0.0267. The molecule has 1 spiro atoms. The number of carbonyl (C=O) groups is 2. The lowest BCUT2D eigenvalue weighted by Crippen LogP contribution is -2.65. The van der Waals surface area contributed by atoms with E-state index >= 15 is 0 Å². The minimum absolute atomic E-state index is 0.0145. The molecule has 4 fully saturated rings. The van der Waals surface area contributed by atoms with E-state index in [-0.39, 0.29) is 42.1 Å². The zero-order valence-corrected chi connectivity index (χ0v) is 19.0. The number of cyclic esters (lactones) is 1. The van der Waals surface area contributed by atoms with Crippen molar-refractivity contribution in [3.05, 3.63) is 35.8 Å². The molecule has 2 aliphatic carbocycles. The molecule has 0 unspecified atom stereocenters. The molecule has 2 saturated carbocycles. The van der Waals surface area contributed by atoms with Crippen molar-refractivity contribution in [2.45, 2.75) is 84.2 Å². The van der Waals surface area contributed by atoms with Crippen LogP contribution in [0.1, 0.15) is 72.0 Å². The van der Waals surface area contributed by atoms with Gasteiger partial charge in [0.1, 0.15) is 17.8 Å². The van der Waals surface area contributed by atoms with Crippen LogP contribution >= 0.6 is 0 Å². The number of fused-ring (bicyclic) bond motifs is 4. The van der Waals surface area contributed by atoms with Gasteiger partial charge in [-0.3, -0.25) is 4.79 Å². The van der Waals surface area contributed by atoms with Crippen LogP contribution in [-0.2, 0) is 23.8 Å². The van der Waals surface area contributed by atoms with Crippen LogP contribution < -0.4 is 0 Å². The van der Waals surface area contributed by atoms with Gasteiger partial charge in [-0.2, -0.15) is 0 Å². The van der Waals surface area contributed by atoms with Crippen molar-refractivity contribution in [3.8, 4) is 0 Å². The second-order valence-electron chi connectivity index (χ2n) is 10.3. The zero-order chi connectivity index (χ0) is 22.2. The predicted molar refractivity (Wildman–Crippen MR) is 112 cm³/mol. The van der Waals surface area contributed by atoms with Gasteiger partial charge < -0.3 is 18.6 Å². The highest BCUT2D eigenvalue weighted by atomic mass is 16.6. The van der Waals surface area contributed by atoms with Crippen molar-refractivity contribution in [2.75, 3.05) is 0 Å². The molecule has 0 radical (unpaired) electrons. The average Bonchev–Trinajstić information content (AvgIpc) is 3.09. The molecule has 31 heavy (non-hydrogen) atoms. The van der Waals surface area contributed by atoms with E-state index in [4.69, 9.17) is 18.6 Å². The van der Waals surface area contributed by atoms with Crippen LogP contribution in [0.4, 0.5) is 0 Å². The smallest absolute Gasteiger partial charge is 0.333 e. The molecule has 1 aromatic heterocycles. The summed E-state index contributed by atoms with van der Waals surface area (Å²) in [6.45, 7) is 10.0. The topological polar surface area (TPSA) is 78.3 Å². The standard InChI is InChI=1S/C25H32O6/c1-6-14(2)21(26)30-20-11-15(3)25(12-17(29-22(25)27)16-9-10-28-13-16)18-7-8-19-24(5,31-19)23(18,20)4/h6,9-10,13,15,17-20H,7-8,11-12H2,1-5H3/b14-6-/t15-,17-,18-,19-,20-,23-,24-,25-/m1/s1. The van der Waals surface area contributed by atoms with E-state index < -0.39 is 16.4 Å². The van der Waals surface area contributed by atoms with Crippen molar-refractivity contribution in [1.29, 1.82) is 0 Å². The number of epoxide rings is 1. The van der Waals surface area contributed by atoms with E-state index in [1.54, 1.807) is 25.5 Å². The highest BCUT2D eigenvalue weighted by molar-refractivity contribution is 5.88. The first-order valence-electron chi connectivity index (χ1n) is 11.4. The van der Waals surface area contributed by atoms with Gasteiger partial charge >= 0.3 is 11.9 Å². The van der Waals surface area contributed by atoms with Crippen LogP contribution in [0, 0.1) is 22.7 Å². The Hall–Kier alpha value is -2.08. The first-order valence-corrected chi connectivity index (χ1v) is 11.4. The van der Waals surface area contributed by atoms with Crippen LogP contribution in [0.25, 0.3) is 0 Å². The number of ether oxygens (including phenoxy) is 3. The molecule has 2 aliphatic heterocycles. The summed E-state index contributed by atoms with van der Waals surface area (Å²) in [6.07, 6.45) is 7.64. The third kappa shape index (κ3) is 2.60. The van der Waals surface area contributed by atoms with Crippen LogP contribution in [0.5, 0.6) is 0 Å². The van der Waals surface area contributed by atoms with Gasteiger partial charge in [-0.25, -0.2) is 4.79 Å². The number of hydrogen-bond donors (Lipinski definition) is 0. The van der Waals surface area contributed by atoms with Gasteiger partial charge in [-0.05, 0) is 57.9 Å². The fourth-order valence-corrected chi connectivity index (χ4v) is 7.00. The molecular weight excluding hydrogens is 396 g/mol. The normalized spacial score (nSPS) is 46.3. The van der Waals surface area contributed by atoms with Gasteiger partial charge in [0.25, 0.3) is 0 Å². The third-order valence-electron chi connectivity index (χ3n) is 9.26. The maximum absolute atomic E-state index is 13.6. The highest BCUT2D eigenvalue weighted by Crippen LogP contribution is 2.72. The molecule has 1 aromatic rings. The maximum atomic E-state index is 13.6. The molecule has 8 atom stereocenters. The molecule has 6 heteroatoms. The predicted octanol–water partition coefficient (Wildman–Crippen LogP) is 4.75. The van der Waals surface area contributed by atoms with Crippen LogP contribution in [0.2, 0.25) is 0 Å². The lowest BCUT2D eigenvalue weighted by atomic mass is 9.43. The SMILES string of the molecule is C/C=C(/C)C(=O)O[C@@H]1C[C@@H](C)[C@]2(C[C@H](c3ccoc3)OC2=O)[C@@H]2CC[C@H]3O[C@@]3(C)[C@@]12C. The van der Waals surface area contributed by atoms with Gasteiger partial charge in [0.2, 0.25) is 0 Å². The van der Waals surface area contributed by atoms with Crippen molar-refractivity contribution in [3.63, 3.8) is 0 Å². The Morgan fingerprint density at radius 1 is 1.29 bits per heavy atom. The molecular formula is C25H32O6. The van der Waals surface area contributed by atoms with E-state index in [0.717, 1.165) is 18.4 Å². The highest BCUT2D eigenvalue weighted by Gasteiger charge is 2.78. The minimum Gasteiger partial charge on any atom is -0.472 e. The van der Waals surface area contributed by atoms with Crippen molar-refractivity contribution in [1.82, 2.24) is 0 Å². The van der Waals surface area contributed by atoms with Gasteiger partial charge in [0, 0.05) is 23.0 Å². The van der Waals surface area contributed by atoms with Crippen molar-refractivity contribution >= 4 is 11.9 Å².